The van der Waals surface area contributed by atoms with E-state index in [1.807, 2.05) is 0 Å². The molecule has 4 saturated heterocycles. The molecule has 120 heavy (non-hydrogen) atoms. The van der Waals surface area contributed by atoms with Crippen LogP contribution in [0, 0.1) is 33.3 Å². The van der Waals surface area contributed by atoms with Gasteiger partial charge in [0, 0.05) is 23.0 Å². The number of carbonyl (C=O) groups excluding carboxylic acids is 4. The third kappa shape index (κ3) is 30.3. The van der Waals surface area contributed by atoms with Crippen LogP contribution in [0.5, 0.6) is 69.0 Å². The molecule has 0 saturated carbocycles. The highest BCUT2D eigenvalue weighted by Crippen LogP contribution is 2.38. The van der Waals surface area contributed by atoms with Gasteiger partial charge in [-0.05, 0) is 196 Å². The van der Waals surface area contributed by atoms with E-state index in [-0.39, 0.29) is 89.8 Å². The molecule has 36 heteroatoms. The molecular formula is C84H86F14O22. The van der Waals surface area contributed by atoms with E-state index in [1.54, 1.807) is 48.5 Å². The maximum atomic E-state index is 13.7. The Morgan fingerprint density at radius 2 is 0.508 bits per heavy atom. The van der Waals surface area contributed by atoms with Crippen LogP contribution in [0.1, 0.15) is 110 Å². The molecule has 0 N–H and O–H groups in total. The highest BCUT2D eigenvalue weighted by Gasteiger charge is 2.41. The second kappa shape index (κ2) is 43.2. The first kappa shape index (κ1) is 96.0. The van der Waals surface area contributed by atoms with Crippen molar-refractivity contribution in [3.05, 3.63) is 216 Å². The number of ether oxygens (including phenoxy) is 18. The molecule has 0 spiro atoms. The lowest BCUT2D eigenvalue weighted by Gasteiger charge is -2.40. The number of alkyl halides is 12. The second-order valence-corrected chi connectivity index (χ2v) is 27.2. The maximum Gasteiger partial charge on any atom is 0.573 e. The monoisotopic (exact) mass is 1710 g/mol. The zero-order valence-electron chi connectivity index (χ0n) is 63.3. The Hall–Kier alpha value is -11.2. The normalized spacial score (nSPS) is 15.0. The van der Waals surface area contributed by atoms with Gasteiger partial charge >= 0.3 is 49.3 Å². The topological polar surface area (TPSA) is 234 Å². The number of hydrogen-bond acceptors (Lipinski definition) is 22. The van der Waals surface area contributed by atoms with Crippen molar-refractivity contribution in [3.8, 4) is 69.0 Å². The van der Waals surface area contributed by atoms with Crippen LogP contribution in [-0.2, 0) is 28.4 Å². The van der Waals surface area contributed by atoms with E-state index in [9.17, 15) is 80.6 Å². The predicted molar refractivity (Wildman–Crippen MR) is 400 cm³/mol. The average molecular weight is 1710 g/mol. The number of esters is 4. The van der Waals surface area contributed by atoms with Crippen molar-refractivity contribution in [2.75, 3.05) is 92.9 Å². The van der Waals surface area contributed by atoms with Crippen LogP contribution >= 0.6 is 0 Å². The first-order valence-electron chi connectivity index (χ1n) is 36.1. The van der Waals surface area contributed by atoms with E-state index in [2.05, 4.69) is 46.6 Å². The molecule has 0 bridgehead atoms. The van der Waals surface area contributed by atoms with Crippen LogP contribution in [0.15, 0.2) is 182 Å². The summed E-state index contributed by atoms with van der Waals surface area (Å²) >= 11 is 0. The first-order chi connectivity index (χ1) is 56.0. The molecule has 0 aliphatic carbocycles. The Morgan fingerprint density at radius 1 is 0.292 bits per heavy atom. The Labute approximate surface area is 680 Å². The van der Waals surface area contributed by atoms with Gasteiger partial charge in [0.05, 0.1) is 112 Å². The minimum atomic E-state index is -5.03. The van der Waals surface area contributed by atoms with Gasteiger partial charge in [0.2, 0.25) is 0 Å². The third-order valence-electron chi connectivity index (χ3n) is 18.4. The lowest BCUT2D eigenvalue weighted by Crippen LogP contribution is -2.46. The molecule has 22 nitrogen and oxygen atoms in total. The zero-order valence-corrected chi connectivity index (χ0v) is 63.3. The van der Waals surface area contributed by atoms with Gasteiger partial charge in [-0.15, -0.1) is 52.7 Å². The van der Waals surface area contributed by atoms with Gasteiger partial charge in [-0.25, -0.2) is 28.0 Å². The molecule has 0 aromatic heterocycles. The summed E-state index contributed by atoms with van der Waals surface area (Å²) in [4.78, 5) is 48.7. The first-order valence-corrected chi connectivity index (χ1v) is 36.1. The molecule has 0 amide bonds. The van der Waals surface area contributed by atoms with Gasteiger partial charge in [0.15, 0.2) is 36.7 Å². The summed E-state index contributed by atoms with van der Waals surface area (Å²) in [7, 11) is 0. The van der Waals surface area contributed by atoms with E-state index in [4.69, 9.17) is 66.3 Å². The zero-order chi connectivity index (χ0) is 85.4. The highest BCUT2D eigenvalue weighted by atomic mass is 19.4. The number of benzene rings is 8. The summed E-state index contributed by atoms with van der Waals surface area (Å²) in [5, 5.41) is 0. The molecule has 652 valence electrons. The quantitative estimate of drug-likeness (QED) is 0.0125. The van der Waals surface area contributed by atoms with Gasteiger partial charge in [0.1, 0.15) is 57.5 Å². The van der Waals surface area contributed by atoms with Gasteiger partial charge in [0.25, 0.3) is 0 Å². The van der Waals surface area contributed by atoms with Gasteiger partial charge in [-0.1, -0.05) is 42.5 Å². The summed E-state index contributed by atoms with van der Waals surface area (Å²) in [5.74, 6) is -6.48. The third-order valence-corrected chi connectivity index (χ3v) is 18.4. The van der Waals surface area contributed by atoms with E-state index in [0.717, 1.165) is 74.2 Å². The molecule has 8 aromatic carbocycles. The molecule has 12 rings (SSSR count). The van der Waals surface area contributed by atoms with Crippen LogP contribution in [0.4, 0.5) is 61.5 Å². The molecule has 4 fully saturated rings. The van der Waals surface area contributed by atoms with Crippen LogP contribution in [-0.4, -0.2) is 142 Å². The van der Waals surface area contributed by atoms with E-state index in [0.29, 0.717) is 120 Å². The smallest absolute Gasteiger partial charge is 0.493 e. The lowest BCUT2D eigenvalue weighted by molar-refractivity contribution is -0.276. The number of rotatable bonds is 32. The van der Waals surface area contributed by atoms with Crippen LogP contribution in [0.2, 0.25) is 0 Å². The predicted octanol–water partition coefficient (Wildman–Crippen LogP) is 19.9. The summed E-state index contributed by atoms with van der Waals surface area (Å²) in [5.41, 5.74) is 1.06. The van der Waals surface area contributed by atoms with Crippen LogP contribution < -0.4 is 56.8 Å². The Bertz CT molecular complexity index is 4510. The summed E-state index contributed by atoms with van der Waals surface area (Å²) in [6.07, 6.45) is -15.8. The van der Waals surface area contributed by atoms with Gasteiger partial charge in [-0.3, -0.25) is 0 Å². The largest absolute Gasteiger partial charge is 0.573 e. The Kier molecular flexibility index (Phi) is 34.5. The molecule has 4 aliphatic rings. The second-order valence-electron chi connectivity index (χ2n) is 27.2. The van der Waals surface area contributed by atoms with Crippen molar-refractivity contribution in [1.29, 1.82) is 0 Å². The molecule has 8 aromatic rings. The molecular weight excluding hydrogens is 1630 g/mol. The van der Waals surface area contributed by atoms with Crippen molar-refractivity contribution in [2.45, 2.75) is 93.7 Å². The van der Waals surface area contributed by atoms with E-state index in [1.165, 1.54) is 72.8 Å². The molecule has 4 heterocycles. The fraction of sp³-hybridized carbons (Fsp3) is 0.381. The number of halogens is 14. The number of hydrogen-bond donors (Lipinski definition) is 0. The molecule has 0 radical (unpaired) electrons. The fourth-order valence-electron chi connectivity index (χ4n) is 10.7. The summed E-state index contributed by atoms with van der Waals surface area (Å²) in [6, 6.07) is 38.6. The van der Waals surface area contributed by atoms with Crippen molar-refractivity contribution >= 4 is 23.9 Å². The fourth-order valence-corrected chi connectivity index (χ4v) is 10.7. The van der Waals surface area contributed by atoms with E-state index >= 15 is 0 Å². The summed E-state index contributed by atoms with van der Waals surface area (Å²) < 4.78 is 263. The maximum absolute atomic E-state index is 13.7. The average Bonchev–Trinajstić information content (AvgIpc) is 0.847. The van der Waals surface area contributed by atoms with Crippen molar-refractivity contribution in [1.82, 2.24) is 0 Å². The van der Waals surface area contributed by atoms with Crippen molar-refractivity contribution in [2.24, 2.45) is 21.7 Å². The van der Waals surface area contributed by atoms with Gasteiger partial charge < -0.3 is 85.3 Å². The Morgan fingerprint density at radius 3 is 0.733 bits per heavy atom. The minimum absolute atomic E-state index is 0. The summed E-state index contributed by atoms with van der Waals surface area (Å²) in [6.45, 7) is 15.9. The van der Waals surface area contributed by atoms with Crippen molar-refractivity contribution < 1.29 is 166 Å². The van der Waals surface area contributed by atoms with Crippen LogP contribution in [0.25, 0.3) is 0 Å². The highest BCUT2D eigenvalue weighted by molar-refractivity contribution is 5.93. The molecule has 4 aliphatic heterocycles. The lowest BCUT2D eigenvalue weighted by atomic mass is 9.84. The number of carbonyl (C=O) groups is 4. The Balaban J connectivity index is 0.000000219. The van der Waals surface area contributed by atoms with Gasteiger partial charge in [-0.2, -0.15) is 0 Å². The van der Waals surface area contributed by atoms with Crippen molar-refractivity contribution in [3.63, 3.8) is 0 Å². The molecule has 0 unspecified atom stereocenters. The minimum Gasteiger partial charge on any atom is -0.493 e. The SMILES string of the molecule is C.C.CCC1(COCOc2ccc(C(=O)Oc3ccc(OC(F)(F)F)c(F)c3)cc2)COC1.CCC1(COCOc2ccc(C(=O)Oc3ccc(OC(F)(F)F)cc3)cc2)COC1.CCC1(COc2ccc(C(=O)Oc3ccc(OC(F)(F)F)c(F)c3)cc2)COC1.CCC1(COc2ccc(C(=O)Oc3ccc(OC(F)(F)F)cc3)cc2)COC1. The van der Waals surface area contributed by atoms with E-state index < -0.39 is 84.0 Å². The standard InChI is InChI=1S/C21H20F4O6.C21H21F3O6.C20H18F4O5.C20H19F3O5.2CH4/c1-2-20(10-27-11-20)12-28-13-29-15-5-3-14(4-6-15)19(26)30-16-7-8-18(17(22)9-16)31-21(23,24)25;1-2-20(11-26-12-20)13-27-14-28-16-5-3-15(4-6-16)19(25)29-17-7-9-18(10-8-17)30-21(22,23)24;1-2-19(10-26-11-19)12-27-14-5-3-13(4-6-14)18(25)28-15-7-8-17(16(21)9-15)29-20(22,23)24;1-2-19(11-25-12-19)13-26-15-5-3-14(4-6-15)18(24)27-16-7-9-17(10-8-16)28-20(21,22)23;;/h3-9H,2,10-13H2,1H3;3-10H,2,11-14H2,1H3;3-9H,2,10-12H2,1H3;3-10H,2,11-13H2,1H3;2*1H4. The molecule has 0 atom stereocenters. The van der Waals surface area contributed by atoms with Crippen LogP contribution in [0.3, 0.4) is 0 Å².